The van der Waals surface area contributed by atoms with Gasteiger partial charge in [-0.15, -0.1) is 0 Å². The zero-order valence-corrected chi connectivity index (χ0v) is 9.11. The number of nitrogens with one attached hydrogen (secondary N) is 1. The van der Waals surface area contributed by atoms with Crippen LogP contribution in [0.25, 0.3) is 5.65 Å². The first-order chi connectivity index (χ1) is 7.40. The van der Waals surface area contributed by atoms with Crippen LogP contribution in [-0.2, 0) is 0 Å². The maximum Gasteiger partial charge on any atom is 0.145 e. The van der Waals surface area contributed by atoms with Gasteiger partial charge in [0.2, 0.25) is 0 Å². The third-order valence-corrected chi connectivity index (χ3v) is 2.45. The van der Waals surface area contributed by atoms with Gasteiger partial charge in [0.1, 0.15) is 11.5 Å². The molecule has 2 aromatic rings. The molecular weight excluding hydrogens is 186 g/mol. The van der Waals surface area contributed by atoms with Crippen LogP contribution in [0.1, 0.15) is 26.2 Å². The minimum absolute atomic E-state index is 0.970. The van der Waals surface area contributed by atoms with Gasteiger partial charge in [0, 0.05) is 12.7 Å². The van der Waals surface area contributed by atoms with Crippen molar-refractivity contribution in [2.45, 2.75) is 26.2 Å². The Morgan fingerprint density at radius 3 is 3.07 bits per heavy atom. The van der Waals surface area contributed by atoms with Crippen molar-refractivity contribution in [2.75, 3.05) is 11.9 Å². The standard InChI is InChI=1S/C12H17N3/c1-2-3-5-8-13-11-10-15-9-6-4-7-12(15)14-11/h4,6-7,9-10,13H,2-3,5,8H2,1H3. The van der Waals surface area contributed by atoms with Gasteiger partial charge in [-0.2, -0.15) is 0 Å². The van der Waals surface area contributed by atoms with Gasteiger partial charge in [-0.25, -0.2) is 4.98 Å². The molecule has 80 valence electrons. The van der Waals surface area contributed by atoms with Crippen LogP contribution in [0, 0.1) is 0 Å². The maximum atomic E-state index is 4.46. The Labute approximate surface area is 90.1 Å². The van der Waals surface area contributed by atoms with E-state index >= 15 is 0 Å². The molecule has 0 radical (unpaired) electrons. The topological polar surface area (TPSA) is 29.3 Å². The Bertz CT molecular complexity index is 386. The van der Waals surface area contributed by atoms with Crippen LogP contribution in [0.5, 0.6) is 0 Å². The zero-order chi connectivity index (χ0) is 10.5. The zero-order valence-electron chi connectivity index (χ0n) is 9.11. The Morgan fingerprint density at radius 1 is 1.33 bits per heavy atom. The summed E-state index contributed by atoms with van der Waals surface area (Å²) in [5.41, 5.74) is 0.996. The molecular formula is C12H17N3. The summed E-state index contributed by atoms with van der Waals surface area (Å²) in [5, 5.41) is 3.34. The Balaban J connectivity index is 1.97. The van der Waals surface area contributed by atoms with Gasteiger partial charge in [-0.1, -0.05) is 25.8 Å². The number of aromatic nitrogens is 2. The molecule has 0 aliphatic carbocycles. The average Bonchev–Trinajstić information content (AvgIpc) is 2.67. The van der Waals surface area contributed by atoms with E-state index in [1.165, 1.54) is 19.3 Å². The molecule has 2 aromatic heterocycles. The monoisotopic (exact) mass is 203 g/mol. The molecule has 0 aliphatic heterocycles. The van der Waals surface area contributed by atoms with E-state index in [9.17, 15) is 0 Å². The highest BCUT2D eigenvalue weighted by molar-refractivity contribution is 5.48. The SMILES string of the molecule is CCCCCNc1cn2ccccc2n1. The third kappa shape index (κ3) is 2.49. The molecule has 3 heteroatoms. The number of unbranched alkanes of at least 4 members (excludes halogenated alkanes) is 2. The number of nitrogens with zero attached hydrogens (tertiary/aromatic N) is 2. The van der Waals surface area contributed by atoms with Gasteiger partial charge in [0.05, 0.1) is 6.20 Å². The number of fused-ring (bicyclic) bond motifs is 1. The van der Waals surface area contributed by atoms with E-state index in [4.69, 9.17) is 0 Å². The summed E-state index contributed by atoms with van der Waals surface area (Å²) >= 11 is 0. The highest BCUT2D eigenvalue weighted by atomic mass is 15.1. The van der Waals surface area contributed by atoms with Crippen LogP contribution in [0.4, 0.5) is 5.82 Å². The fraction of sp³-hybridized carbons (Fsp3) is 0.417. The summed E-state index contributed by atoms with van der Waals surface area (Å²) in [6.45, 7) is 3.22. The van der Waals surface area contributed by atoms with E-state index < -0.39 is 0 Å². The minimum atomic E-state index is 0.970. The predicted molar refractivity (Wildman–Crippen MR) is 63.2 cm³/mol. The van der Waals surface area contributed by atoms with Crippen molar-refractivity contribution in [3.63, 3.8) is 0 Å². The average molecular weight is 203 g/mol. The van der Waals surface area contributed by atoms with Crippen LogP contribution in [-0.4, -0.2) is 15.9 Å². The molecule has 0 spiro atoms. The van der Waals surface area contributed by atoms with Gasteiger partial charge in [-0.05, 0) is 18.6 Å². The Hall–Kier alpha value is -1.51. The molecule has 0 amide bonds. The van der Waals surface area contributed by atoms with Crippen molar-refractivity contribution in [3.8, 4) is 0 Å². The van der Waals surface area contributed by atoms with Crippen LogP contribution < -0.4 is 5.32 Å². The van der Waals surface area contributed by atoms with E-state index in [1.54, 1.807) is 0 Å². The lowest BCUT2D eigenvalue weighted by molar-refractivity contribution is 0.743. The molecule has 15 heavy (non-hydrogen) atoms. The van der Waals surface area contributed by atoms with E-state index in [-0.39, 0.29) is 0 Å². The lowest BCUT2D eigenvalue weighted by Gasteiger charge is -2.00. The normalized spacial score (nSPS) is 10.7. The fourth-order valence-electron chi connectivity index (χ4n) is 1.61. The second kappa shape index (κ2) is 4.82. The molecule has 2 heterocycles. The van der Waals surface area contributed by atoms with Crippen molar-refractivity contribution in [1.29, 1.82) is 0 Å². The second-order valence-electron chi connectivity index (χ2n) is 3.73. The first-order valence-electron chi connectivity index (χ1n) is 5.58. The van der Waals surface area contributed by atoms with Gasteiger partial charge >= 0.3 is 0 Å². The summed E-state index contributed by atoms with van der Waals surface area (Å²) < 4.78 is 2.03. The molecule has 3 nitrogen and oxygen atoms in total. The van der Waals surface area contributed by atoms with Crippen LogP contribution >= 0.6 is 0 Å². The number of pyridine rings is 1. The van der Waals surface area contributed by atoms with E-state index in [0.717, 1.165) is 18.0 Å². The van der Waals surface area contributed by atoms with Gasteiger partial charge in [0.25, 0.3) is 0 Å². The van der Waals surface area contributed by atoms with Crippen molar-refractivity contribution < 1.29 is 0 Å². The first-order valence-corrected chi connectivity index (χ1v) is 5.58. The maximum absolute atomic E-state index is 4.46. The van der Waals surface area contributed by atoms with Crippen molar-refractivity contribution in [2.24, 2.45) is 0 Å². The first kappa shape index (κ1) is 10.0. The van der Waals surface area contributed by atoms with E-state index in [2.05, 4.69) is 17.2 Å². The summed E-state index contributed by atoms with van der Waals surface area (Å²) in [6, 6.07) is 6.02. The van der Waals surface area contributed by atoms with Gasteiger partial charge in [0.15, 0.2) is 0 Å². The predicted octanol–water partition coefficient (Wildman–Crippen LogP) is 2.94. The molecule has 2 rings (SSSR count). The van der Waals surface area contributed by atoms with E-state index in [1.807, 2.05) is 35.0 Å². The van der Waals surface area contributed by atoms with Gasteiger partial charge < -0.3 is 9.72 Å². The van der Waals surface area contributed by atoms with Crippen molar-refractivity contribution in [1.82, 2.24) is 9.38 Å². The van der Waals surface area contributed by atoms with Crippen molar-refractivity contribution in [3.05, 3.63) is 30.6 Å². The number of hydrogen-bond donors (Lipinski definition) is 1. The Morgan fingerprint density at radius 2 is 2.27 bits per heavy atom. The second-order valence-corrected chi connectivity index (χ2v) is 3.73. The molecule has 0 fully saturated rings. The van der Waals surface area contributed by atoms with Crippen LogP contribution in [0.3, 0.4) is 0 Å². The lowest BCUT2D eigenvalue weighted by Crippen LogP contribution is -2.00. The van der Waals surface area contributed by atoms with Crippen LogP contribution in [0.2, 0.25) is 0 Å². The molecule has 0 saturated carbocycles. The quantitative estimate of drug-likeness (QED) is 0.757. The van der Waals surface area contributed by atoms with Crippen LogP contribution in [0.15, 0.2) is 30.6 Å². The summed E-state index contributed by atoms with van der Waals surface area (Å²) in [5.74, 6) is 0.970. The molecule has 0 aromatic carbocycles. The number of anilines is 1. The molecule has 1 N–H and O–H groups in total. The minimum Gasteiger partial charge on any atom is -0.369 e. The van der Waals surface area contributed by atoms with Crippen molar-refractivity contribution >= 4 is 11.5 Å². The molecule has 0 unspecified atom stereocenters. The Kier molecular flexibility index (Phi) is 3.22. The largest absolute Gasteiger partial charge is 0.369 e. The summed E-state index contributed by atoms with van der Waals surface area (Å²) in [6.07, 6.45) is 7.79. The molecule has 0 aliphatic rings. The lowest BCUT2D eigenvalue weighted by atomic mass is 10.2. The summed E-state index contributed by atoms with van der Waals surface area (Å²) in [4.78, 5) is 4.46. The number of imidazole rings is 1. The number of rotatable bonds is 5. The van der Waals surface area contributed by atoms with Gasteiger partial charge in [-0.3, -0.25) is 0 Å². The molecule has 0 bridgehead atoms. The van der Waals surface area contributed by atoms with E-state index in [0.29, 0.717) is 0 Å². The highest BCUT2D eigenvalue weighted by Gasteiger charge is 1.98. The molecule has 0 saturated heterocycles. The summed E-state index contributed by atoms with van der Waals surface area (Å²) in [7, 11) is 0. The third-order valence-electron chi connectivity index (χ3n) is 2.45. The smallest absolute Gasteiger partial charge is 0.145 e. The molecule has 0 atom stereocenters. The highest BCUT2D eigenvalue weighted by Crippen LogP contribution is 2.09. The fourth-order valence-corrected chi connectivity index (χ4v) is 1.61. The number of hydrogen-bond acceptors (Lipinski definition) is 2.